The van der Waals surface area contributed by atoms with Gasteiger partial charge in [0.05, 0.1) is 0 Å². The van der Waals surface area contributed by atoms with Crippen molar-refractivity contribution in [2.24, 2.45) is 5.73 Å². The van der Waals surface area contributed by atoms with Crippen LogP contribution in [0.3, 0.4) is 0 Å². The predicted octanol–water partition coefficient (Wildman–Crippen LogP) is 2.88. The summed E-state index contributed by atoms with van der Waals surface area (Å²) in [4.78, 5) is 8.41. The minimum atomic E-state index is 0.390. The molecule has 94 valence electrons. The van der Waals surface area contributed by atoms with Crippen molar-refractivity contribution in [1.82, 2.24) is 9.97 Å². The monoisotopic (exact) mass is 251 g/mol. The van der Waals surface area contributed by atoms with Gasteiger partial charge in [-0.05, 0) is 18.2 Å². The normalized spacial score (nSPS) is 10.6. The van der Waals surface area contributed by atoms with Gasteiger partial charge in [0, 0.05) is 36.1 Å². The van der Waals surface area contributed by atoms with Gasteiger partial charge >= 0.3 is 0 Å². The van der Waals surface area contributed by atoms with Crippen molar-refractivity contribution in [3.63, 3.8) is 0 Å². The molecule has 0 aliphatic carbocycles. The Bertz CT molecular complexity index is 707. The van der Waals surface area contributed by atoms with E-state index in [0.717, 1.165) is 28.0 Å². The SMILES string of the molecule is NCc1cnccc1Oc1cccc2cccnc12. The molecule has 19 heavy (non-hydrogen) atoms. The highest BCUT2D eigenvalue weighted by molar-refractivity contribution is 5.84. The molecule has 2 N–H and O–H groups in total. The van der Waals surface area contributed by atoms with Gasteiger partial charge in [0.25, 0.3) is 0 Å². The molecule has 3 rings (SSSR count). The van der Waals surface area contributed by atoms with E-state index < -0.39 is 0 Å². The Morgan fingerprint density at radius 1 is 1.00 bits per heavy atom. The lowest BCUT2D eigenvalue weighted by Crippen LogP contribution is -2.00. The minimum Gasteiger partial charge on any atom is -0.455 e. The molecule has 0 atom stereocenters. The first kappa shape index (κ1) is 11.6. The van der Waals surface area contributed by atoms with Crippen molar-refractivity contribution in [3.05, 3.63) is 60.6 Å². The average molecular weight is 251 g/mol. The summed E-state index contributed by atoms with van der Waals surface area (Å²) < 4.78 is 5.93. The van der Waals surface area contributed by atoms with E-state index in [1.54, 1.807) is 18.6 Å². The summed E-state index contributed by atoms with van der Waals surface area (Å²) >= 11 is 0. The standard InChI is InChI=1S/C15H13N3O/c16-9-12-10-17-8-6-13(12)19-14-5-1-3-11-4-2-7-18-15(11)14/h1-8,10H,9,16H2. The van der Waals surface area contributed by atoms with Gasteiger partial charge < -0.3 is 10.5 Å². The topological polar surface area (TPSA) is 61.0 Å². The van der Waals surface area contributed by atoms with Crippen molar-refractivity contribution < 1.29 is 4.74 Å². The lowest BCUT2D eigenvalue weighted by Gasteiger charge is -2.10. The van der Waals surface area contributed by atoms with E-state index in [1.165, 1.54) is 0 Å². The van der Waals surface area contributed by atoms with Gasteiger partial charge in [-0.25, -0.2) is 0 Å². The highest BCUT2D eigenvalue weighted by Gasteiger charge is 2.07. The van der Waals surface area contributed by atoms with Gasteiger partial charge in [0.15, 0.2) is 5.75 Å². The summed E-state index contributed by atoms with van der Waals surface area (Å²) in [5.74, 6) is 1.44. The van der Waals surface area contributed by atoms with Crippen LogP contribution in [0.2, 0.25) is 0 Å². The van der Waals surface area contributed by atoms with Gasteiger partial charge in [-0.1, -0.05) is 18.2 Å². The molecule has 0 fully saturated rings. The van der Waals surface area contributed by atoms with E-state index in [-0.39, 0.29) is 0 Å². The molecule has 0 radical (unpaired) electrons. The Morgan fingerprint density at radius 3 is 2.79 bits per heavy atom. The second kappa shape index (κ2) is 5.04. The number of hydrogen-bond donors (Lipinski definition) is 1. The molecule has 0 bridgehead atoms. The zero-order chi connectivity index (χ0) is 13.1. The van der Waals surface area contributed by atoms with Gasteiger partial charge in [0.1, 0.15) is 11.3 Å². The number of para-hydroxylation sites is 1. The maximum Gasteiger partial charge on any atom is 0.153 e. The summed E-state index contributed by atoms with van der Waals surface area (Å²) in [7, 11) is 0. The van der Waals surface area contributed by atoms with Gasteiger partial charge in [-0.2, -0.15) is 0 Å². The van der Waals surface area contributed by atoms with Crippen LogP contribution in [0.4, 0.5) is 0 Å². The molecule has 3 aromatic rings. The number of benzene rings is 1. The first-order valence-electron chi connectivity index (χ1n) is 6.03. The van der Waals surface area contributed by atoms with Crippen molar-refractivity contribution in [3.8, 4) is 11.5 Å². The smallest absolute Gasteiger partial charge is 0.153 e. The molecule has 2 aromatic heterocycles. The van der Waals surface area contributed by atoms with E-state index in [2.05, 4.69) is 9.97 Å². The number of aromatic nitrogens is 2. The first-order valence-corrected chi connectivity index (χ1v) is 6.03. The number of pyridine rings is 2. The molecule has 0 saturated heterocycles. The van der Waals surface area contributed by atoms with Crippen LogP contribution in [-0.2, 0) is 6.54 Å². The Morgan fingerprint density at radius 2 is 1.89 bits per heavy atom. The van der Waals surface area contributed by atoms with Crippen LogP contribution < -0.4 is 10.5 Å². The van der Waals surface area contributed by atoms with E-state index >= 15 is 0 Å². The highest BCUT2D eigenvalue weighted by atomic mass is 16.5. The molecular formula is C15H13N3O. The molecular weight excluding hydrogens is 238 g/mol. The number of nitrogens with two attached hydrogens (primary N) is 1. The molecule has 4 heteroatoms. The molecule has 4 nitrogen and oxygen atoms in total. The lowest BCUT2D eigenvalue weighted by molar-refractivity contribution is 0.480. The second-order valence-corrected chi connectivity index (χ2v) is 4.12. The van der Waals surface area contributed by atoms with Crippen LogP contribution in [-0.4, -0.2) is 9.97 Å². The summed E-state index contributed by atoms with van der Waals surface area (Å²) in [6.45, 7) is 0.390. The number of nitrogens with zero attached hydrogens (tertiary/aromatic N) is 2. The maximum absolute atomic E-state index is 5.93. The quantitative estimate of drug-likeness (QED) is 0.777. The fourth-order valence-corrected chi connectivity index (χ4v) is 1.94. The van der Waals surface area contributed by atoms with Gasteiger partial charge in [-0.3, -0.25) is 9.97 Å². The maximum atomic E-state index is 5.93. The zero-order valence-corrected chi connectivity index (χ0v) is 10.3. The third-order valence-electron chi connectivity index (χ3n) is 2.89. The Balaban J connectivity index is 2.06. The van der Waals surface area contributed by atoms with Crippen LogP contribution in [0, 0.1) is 0 Å². The summed E-state index contributed by atoms with van der Waals surface area (Å²) in [6.07, 6.45) is 5.16. The molecule has 1 aromatic carbocycles. The van der Waals surface area contributed by atoms with Crippen LogP contribution in [0.1, 0.15) is 5.56 Å². The third kappa shape index (κ3) is 2.26. The van der Waals surface area contributed by atoms with Crippen LogP contribution in [0.25, 0.3) is 10.9 Å². The van der Waals surface area contributed by atoms with Crippen LogP contribution in [0.15, 0.2) is 55.0 Å². The molecule has 0 saturated carbocycles. The lowest BCUT2D eigenvalue weighted by atomic mass is 10.2. The molecule has 0 aliphatic heterocycles. The number of ether oxygens (including phenoxy) is 1. The highest BCUT2D eigenvalue weighted by Crippen LogP contribution is 2.29. The van der Waals surface area contributed by atoms with E-state index in [0.29, 0.717) is 6.54 Å². The molecule has 0 aliphatic rings. The van der Waals surface area contributed by atoms with Gasteiger partial charge in [0.2, 0.25) is 0 Å². The third-order valence-corrected chi connectivity index (χ3v) is 2.89. The number of hydrogen-bond acceptors (Lipinski definition) is 4. The minimum absolute atomic E-state index is 0.390. The average Bonchev–Trinajstić information content (AvgIpc) is 2.48. The number of rotatable bonds is 3. The van der Waals surface area contributed by atoms with Crippen LogP contribution >= 0.6 is 0 Å². The Hall–Kier alpha value is -2.46. The van der Waals surface area contributed by atoms with Crippen LogP contribution in [0.5, 0.6) is 11.5 Å². The Kier molecular flexibility index (Phi) is 3.08. The summed E-state index contributed by atoms with van der Waals surface area (Å²) in [6, 6.07) is 11.6. The van der Waals surface area contributed by atoms with Gasteiger partial charge in [-0.15, -0.1) is 0 Å². The Labute approximate surface area is 110 Å². The predicted molar refractivity (Wildman–Crippen MR) is 73.9 cm³/mol. The fourth-order valence-electron chi connectivity index (χ4n) is 1.94. The largest absolute Gasteiger partial charge is 0.455 e. The first-order chi connectivity index (χ1) is 9.38. The molecule has 0 unspecified atom stereocenters. The molecule has 2 heterocycles. The fraction of sp³-hybridized carbons (Fsp3) is 0.0667. The summed E-state index contributed by atoms with van der Waals surface area (Å²) in [5, 5.41) is 1.04. The van der Waals surface area contributed by atoms with Crippen molar-refractivity contribution in [2.75, 3.05) is 0 Å². The van der Waals surface area contributed by atoms with Crippen molar-refractivity contribution in [2.45, 2.75) is 6.54 Å². The van der Waals surface area contributed by atoms with Crippen molar-refractivity contribution in [1.29, 1.82) is 0 Å². The summed E-state index contributed by atoms with van der Waals surface area (Å²) in [5.41, 5.74) is 7.39. The van der Waals surface area contributed by atoms with E-state index in [4.69, 9.17) is 10.5 Å². The van der Waals surface area contributed by atoms with Crippen molar-refractivity contribution >= 4 is 10.9 Å². The molecule has 0 spiro atoms. The van der Waals surface area contributed by atoms with E-state index in [9.17, 15) is 0 Å². The molecule has 0 amide bonds. The van der Waals surface area contributed by atoms with E-state index in [1.807, 2.05) is 36.4 Å². The zero-order valence-electron chi connectivity index (χ0n) is 10.3. The second-order valence-electron chi connectivity index (χ2n) is 4.12. The number of fused-ring (bicyclic) bond motifs is 1.